The topological polar surface area (TPSA) is 64.8 Å². The van der Waals surface area contributed by atoms with Crippen LogP contribution in [0.1, 0.15) is 18.9 Å². The van der Waals surface area contributed by atoms with Crippen LogP contribution in [0.25, 0.3) is 0 Å². The molecule has 0 radical (unpaired) electrons. The number of amides is 1. The lowest BCUT2D eigenvalue weighted by Crippen LogP contribution is -2.23. The Hall–Kier alpha value is -1.75. The summed E-state index contributed by atoms with van der Waals surface area (Å²) >= 11 is 0. The Balaban J connectivity index is 2.72. The highest BCUT2D eigenvalue weighted by molar-refractivity contribution is 5.75. The van der Waals surface area contributed by atoms with Gasteiger partial charge in [-0.1, -0.05) is 6.07 Å². The molecular weight excluding hydrogens is 256 g/mol. The Kier molecular flexibility index (Phi) is 6.31. The molecule has 5 nitrogen and oxygen atoms in total. The minimum Gasteiger partial charge on any atom is -0.497 e. The zero-order valence-electron chi connectivity index (χ0n) is 12.7. The number of methoxy groups -OCH3 is 1. The van der Waals surface area contributed by atoms with Crippen LogP contribution in [-0.2, 0) is 11.2 Å². The van der Waals surface area contributed by atoms with E-state index in [0.29, 0.717) is 13.0 Å². The van der Waals surface area contributed by atoms with Gasteiger partial charge in [-0.25, -0.2) is 0 Å². The van der Waals surface area contributed by atoms with Crippen molar-refractivity contribution < 1.29 is 14.3 Å². The number of benzene rings is 1. The molecule has 0 heterocycles. The first-order chi connectivity index (χ1) is 9.43. The van der Waals surface area contributed by atoms with E-state index < -0.39 is 0 Å². The molecule has 1 rings (SSSR count). The Morgan fingerprint density at radius 2 is 2.10 bits per heavy atom. The van der Waals surface area contributed by atoms with E-state index >= 15 is 0 Å². The van der Waals surface area contributed by atoms with E-state index in [2.05, 4.69) is 0 Å². The van der Waals surface area contributed by atoms with E-state index in [1.54, 1.807) is 26.1 Å². The fourth-order valence-electron chi connectivity index (χ4n) is 1.78. The normalized spacial score (nSPS) is 11.8. The second-order valence-electron chi connectivity index (χ2n) is 5.04. The third kappa shape index (κ3) is 5.09. The molecule has 1 aromatic rings. The number of hydrogen-bond acceptors (Lipinski definition) is 4. The molecule has 1 aromatic carbocycles. The summed E-state index contributed by atoms with van der Waals surface area (Å²) < 4.78 is 10.9. The van der Waals surface area contributed by atoms with Crippen molar-refractivity contribution in [1.29, 1.82) is 0 Å². The molecule has 2 N–H and O–H groups in total. The van der Waals surface area contributed by atoms with Gasteiger partial charge in [0.1, 0.15) is 11.5 Å². The highest BCUT2D eigenvalue weighted by atomic mass is 16.5. The van der Waals surface area contributed by atoms with Crippen molar-refractivity contribution >= 4 is 5.91 Å². The van der Waals surface area contributed by atoms with E-state index in [1.807, 2.05) is 25.1 Å². The van der Waals surface area contributed by atoms with Crippen LogP contribution >= 0.6 is 0 Å². The lowest BCUT2D eigenvalue weighted by molar-refractivity contribution is -0.129. The number of nitrogens with two attached hydrogens (primary N) is 1. The molecule has 0 aliphatic carbocycles. The highest BCUT2D eigenvalue weighted by Gasteiger charge is 2.10. The summed E-state index contributed by atoms with van der Waals surface area (Å²) in [6, 6.07) is 5.72. The van der Waals surface area contributed by atoms with Crippen LogP contribution in [-0.4, -0.2) is 44.7 Å². The van der Waals surface area contributed by atoms with Crippen molar-refractivity contribution in [3.05, 3.63) is 23.8 Å². The molecule has 0 fully saturated rings. The summed E-state index contributed by atoms with van der Waals surface area (Å²) in [7, 11) is 5.07. The minimum atomic E-state index is 0.0432. The Morgan fingerprint density at radius 3 is 2.65 bits per heavy atom. The zero-order valence-corrected chi connectivity index (χ0v) is 12.7. The summed E-state index contributed by atoms with van der Waals surface area (Å²) in [5, 5.41) is 0. The third-order valence-electron chi connectivity index (χ3n) is 2.89. The van der Waals surface area contributed by atoms with Crippen LogP contribution in [0.5, 0.6) is 11.5 Å². The van der Waals surface area contributed by atoms with E-state index in [9.17, 15) is 4.79 Å². The van der Waals surface area contributed by atoms with Gasteiger partial charge in [-0.15, -0.1) is 0 Å². The molecular formula is C15H24N2O3. The highest BCUT2D eigenvalue weighted by Crippen LogP contribution is 2.26. The molecule has 0 bridgehead atoms. The maximum Gasteiger partial charge on any atom is 0.225 e. The van der Waals surface area contributed by atoms with Gasteiger partial charge >= 0.3 is 0 Å². The van der Waals surface area contributed by atoms with Crippen molar-refractivity contribution in [2.45, 2.75) is 25.8 Å². The Morgan fingerprint density at radius 1 is 1.40 bits per heavy atom. The second-order valence-corrected chi connectivity index (χ2v) is 5.04. The Bertz CT molecular complexity index is 445. The maximum atomic E-state index is 11.5. The number of hydrogen-bond donors (Lipinski definition) is 1. The van der Waals surface area contributed by atoms with Crippen LogP contribution in [0.4, 0.5) is 0 Å². The molecule has 1 amide bonds. The van der Waals surface area contributed by atoms with E-state index in [-0.39, 0.29) is 11.9 Å². The molecule has 0 saturated carbocycles. The fraction of sp³-hybridized carbons (Fsp3) is 0.533. The van der Waals surface area contributed by atoms with Crippen LogP contribution in [0.3, 0.4) is 0 Å². The van der Waals surface area contributed by atoms with Crippen LogP contribution < -0.4 is 15.2 Å². The van der Waals surface area contributed by atoms with Gasteiger partial charge in [0.25, 0.3) is 0 Å². The second kappa shape index (κ2) is 7.75. The van der Waals surface area contributed by atoms with Crippen LogP contribution in [0, 0.1) is 0 Å². The van der Waals surface area contributed by atoms with Gasteiger partial charge in [-0.2, -0.15) is 0 Å². The standard InChI is InChI=1S/C15H24N2O3/c1-11(16)9-12-5-6-13(19-4)10-14(12)20-8-7-15(18)17(2)3/h5-6,10-11H,7-9,16H2,1-4H3. The molecule has 1 unspecified atom stereocenters. The number of carbonyl (C=O) groups excluding carboxylic acids is 1. The van der Waals surface area contributed by atoms with Crippen LogP contribution in [0.15, 0.2) is 18.2 Å². The lowest BCUT2D eigenvalue weighted by atomic mass is 10.1. The molecule has 0 spiro atoms. The summed E-state index contributed by atoms with van der Waals surface area (Å²) in [5.41, 5.74) is 6.86. The van der Waals surface area contributed by atoms with Crippen molar-refractivity contribution in [3.8, 4) is 11.5 Å². The van der Waals surface area contributed by atoms with E-state index in [4.69, 9.17) is 15.2 Å². The van der Waals surface area contributed by atoms with Crippen LogP contribution in [0.2, 0.25) is 0 Å². The maximum absolute atomic E-state index is 11.5. The number of nitrogens with zero attached hydrogens (tertiary/aromatic N) is 1. The minimum absolute atomic E-state index is 0.0432. The monoisotopic (exact) mass is 280 g/mol. The summed E-state index contributed by atoms with van der Waals surface area (Å²) in [4.78, 5) is 13.1. The first-order valence-electron chi connectivity index (χ1n) is 6.69. The average Bonchev–Trinajstić information content (AvgIpc) is 2.39. The Labute approximate surface area is 120 Å². The number of ether oxygens (including phenoxy) is 2. The van der Waals surface area contributed by atoms with Gasteiger partial charge in [0.05, 0.1) is 20.1 Å². The molecule has 0 aliphatic rings. The molecule has 20 heavy (non-hydrogen) atoms. The predicted molar refractivity (Wildman–Crippen MR) is 79.2 cm³/mol. The predicted octanol–water partition coefficient (Wildman–Crippen LogP) is 1.44. The van der Waals surface area contributed by atoms with Gasteiger partial charge in [0, 0.05) is 26.2 Å². The summed E-state index contributed by atoms with van der Waals surface area (Å²) in [6.45, 7) is 2.29. The molecule has 112 valence electrons. The van der Waals surface area contributed by atoms with Gasteiger partial charge in [0.15, 0.2) is 0 Å². The third-order valence-corrected chi connectivity index (χ3v) is 2.89. The van der Waals surface area contributed by atoms with E-state index in [1.165, 1.54) is 0 Å². The smallest absolute Gasteiger partial charge is 0.225 e. The molecule has 1 atom stereocenters. The summed E-state index contributed by atoms with van der Waals surface area (Å²) in [6.07, 6.45) is 1.07. The van der Waals surface area contributed by atoms with Gasteiger partial charge in [-0.05, 0) is 25.0 Å². The quantitative estimate of drug-likeness (QED) is 0.821. The van der Waals surface area contributed by atoms with Crippen molar-refractivity contribution in [2.75, 3.05) is 27.8 Å². The molecule has 0 aromatic heterocycles. The molecule has 5 heteroatoms. The average molecular weight is 280 g/mol. The molecule has 0 aliphatic heterocycles. The first kappa shape index (κ1) is 16.3. The fourth-order valence-corrected chi connectivity index (χ4v) is 1.78. The summed E-state index contributed by atoms with van der Waals surface area (Å²) in [5.74, 6) is 1.50. The number of carbonyl (C=O) groups is 1. The van der Waals surface area contributed by atoms with Gasteiger partial charge in [-0.3, -0.25) is 4.79 Å². The zero-order chi connectivity index (χ0) is 15.1. The number of rotatable bonds is 7. The van der Waals surface area contributed by atoms with Gasteiger partial charge in [0.2, 0.25) is 5.91 Å². The largest absolute Gasteiger partial charge is 0.497 e. The van der Waals surface area contributed by atoms with Crippen molar-refractivity contribution in [2.24, 2.45) is 5.73 Å². The van der Waals surface area contributed by atoms with Crippen molar-refractivity contribution in [1.82, 2.24) is 4.90 Å². The van der Waals surface area contributed by atoms with E-state index in [0.717, 1.165) is 23.5 Å². The van der Waals surface area contributed by atoms with Crippen molar-refractivity contribution in [3.63, 3.8) is 0 Å². The first-order valence-corrected chi connectivity index (χ1v) is 6.69. The molecule has 0 saturated heterocycles. The lowest BCUT2D eigenvalue weighted by Gasteiger charge is -2.15. The SMILES string of the molecule is COc1ccc(CC(C)N)c(OCCC(=O)N(C)C)c1. The van der Waals surface area contributed by atoms with Gasteiger partial charge < -0.3 is 20.1 Å².